The zero-order valence-corrected chi connectivity index (χ0v) is 12.3. The molecule has 21 heavy (non-hydrogen) atoms. The highest BCUT2D eigenvalue weighted by molar-refractivity contribution is 5.81. The average Bonchev–Trinajstić information content (AvgIpc) is 2.46. The van der Waals surface area contributed by atoms with Crippen molar-refractivity contribution in [2.45, 2.75) is 33.3 Å². The molecule has 1 heterocycles. The molecule has 2 rings (SSSR count). The zero-order chi connectivity index (χ0) is 15.4. The first-order chi connectivity index (χ1) is 10.0. The summed E-state index contributed by atoms with van der Waals surface area (Å²) < 4.78 is 15.6. The SMILES string of the molecule is CCOC(=O)C(C)Oc1ccc2c(CC)cc(=O)oc2c1. The Hall–Kier alpha value is -2.30. The van der Waals surface area contributed by atoms with Crippen molar-refractivity contribution in [1.29, 1.82) is 0 Å². The van der Waals surface area contributed by atoms with Gasteiger partial charge in [0.05, 0.1) is 6.61 Å². The van der Waals surface area contributed by atoms with Crippen LogP contribution in [0.4, 0.5) is 0 Å². The molecule has 5 nitrogen and oxygen atoms in total. The summed E-state index contributed by atoms with van der Waals surface area (Å²) in [5, 5.41) is 0.869. The van der Waals surface area contributed by atoms with Crippen LogP contribution in [0.5, 0.6) is 5.75 Å². The summed E-state index contributed by atoms with van der Waals surface area (Å²) in [5.41, 5.74) is 0.981. The highest BCUT2D eigenvalue weighted by Crippen LogP contribution is 2.23. The molecule has 0 spiro atoms. The Morgan fingerprint density at radius 2 is 2.05 bits per heavy atom. The van der Waals surface area contributed by atoms with Gasteiger partial charge in [-0.25, -0.2) is 9.59 Å². The fourth-order valence-corrected chi connectivity index (χ4v) is 2.09. The van der Waals surface area contributed by atoms with Crippen molar-refractivity contribution >= 4 is 16.9 Å². The number of esters is 1. The molecule has 0 bridgehead atoms. The zero-order valence-electron chi connectivity index (χ0n) is 12.3. The van der Waals surface area contributed by atoms with Crippen LogP contribution in [0.25, 0.3) is 11.0 Å². The first-order valence-corrected chi connectivity index (χ1v) is 6.95. The molecular weight excluding hydrogens is 272 g/mol. The maximum atomic E-state index is 11.5. The molecule has 0 amide bonds. The van der Waals surface area contributed by atoms with Gasteiger partial charge in [0.25, 0.3) is 0 Å². The van der Waals surface area contributed by atoms with Gasteiger partial charge in [-0.3, -0.25) is 0 Å². The second-order valence-electron chi connectivity index (χ2n) is 4.61. The standard InChI is InChI=1S/C16H18O5/c1-4-11-8-15(17)21-14-9-12(6-7-13(11)14)20-10(3)16(18)19-5-2/h6-10H,4-5H2,1-3H3. The van der Waals surface area contributed by atoms with E-state index in [2.05, 4.69) is 0 Å². The predicted octanol–water partition coefficient (Wildman–Crippen LogP) is 2.69. The van der Waals surface area contributed by atoms with Crippen LogP contribution in [0.2, 0.25) is 0 Å². The van der Waals surface area contributed by atoms with Gasteiger partial charge in [-0.2, -0.15) is 0 Å². The molecule has 1 aromatic carbocycles. The molecule has 112 valence electrons. The molecule has 1 unspecified atom stereocenters. The van der Waals surface area contributed by atoms with E-state index in [-0.39, 0.29) is 0 Å². The van der Waals surface area contributed by atoms with Crippen molar-refractivity contribution in [3.8, 4) is 5.75 Å². The van der Waals surface area contributed by atoms with Crippen LogP contribution in [0.3, 0.4) is 0 Å². The number of ether oxygens (including phenoxy) is 2. The fraction of sp³-hybridized carbons (Fsp3) is 0.375. The average molecular weight is 290 g/mol. The molecule has 0 aliphatic carbocycles. The number of benzene rings is 1. The number of aryl methyl sites for hydroxylation is 1. The topological polar surface area (TPSA) is 65.7 Å². The number of carbonyl (C=O) groups excluding carboxylic acids is 1. The van der Waals surface area contributed by atoms with Gasteiger partial charge in [-0.05, 0) is 38.0 Å². The summed E-state index contributed by atoms with van der Waals surface area (Å²) in [4.78, 5) is 23.1. The summed E-state index contributed by atoms with van der Waals surface area (Å²) in [5.74, 6) is 0.0285. The summed E-state index contributed by atoms with van der Waals surface area (Å²) in [6, 6.07) is 6.68. The molecule has 0 saturated carbocycles. The number of hydrogen-bond acceptors (Lipinski definition) is 5. The van der Waals surface area contributed by atoms with E-state index in [4.69, 9.17) is 13.9 Å². The lowest BCUT2D eigenvalue weighted by atomic mass is 10.1. The van der Waals surface area contributed by atoms with Crippen LogP contribution in [-0.4, -0.2) is 18.7 Å². The van der Waals surface area contributed by atoms with Crippen molar-refractivity contribution in [3.05, 3.63) is 40.2 Å². The van der Waals surface area contributed by atoms with E-state index < -0.39 is 17.7 Å². The third-order valence-electron chi connectivity index (χ3n) is 3.11. The Morgan fingerprint density at radius 1 is 1.29 bits per heavy atom. The van der Waals surface area contributed by atoms with E-state index in [1.807, 2.05) is 13.0 Å². The molecular formula is C16H18O5. The lowest BCUT2D eigenvalue weighted by molar-refractivity contribution is -0.150. The predicted molar refractivity (Wildman–Crippen MR) is 78.6 cm³/mol. The van der Waals surface area contributed by atoms with E-state index in [9.17, 15) is 9.59 Å². The van der Waals surface area contributed by atoms with E-state index >= 15 is 0 Å². The largest absolute Gasteiger partial charge is 0.479 e. The normalized spacial score (nSPS) is 12.1. The Balaban J connectivity index is 2.31. The van der Waals surface area contributed by atoms with Gasteiger partial charge < -0.3 is 13.9 Å². The van der Waals surface area contributed by atoms with Gasteiger partial charge in [0.2, 0.25) is 0 Å². The molecule has 0 saturated heterocycles. The molecule has 5 heteroatoms. The van der Waals surface area contributed by atoms with Gasteiger partial charge in [-0.15, -0.1) is 0 Å². The first kappa shape index (κ1) is 15.1. The summed E-state index contributed by atoms with van der Waals surface area (Å²) in [6.07, 6.45) is 0.0186. The molecule has 0 aliphatic rings. The molecule has 0 aliphatic heterocycles. The van der Waals surface area contributed by atoms with Gasteiger partial charge in [0.1, 0.15) is 11.3 Å². The first-order valence-electron chi connectivity index (χ1n) is 6.95. The maximum Gasteiger partial charge on any atom is 0.347 e. The number of fused-ring (bicyclic) bond motifs is 1. The maximum absolute atomic E-state index is 11.5. The Bertz CT molecular complexity index is 701. The Labute approximate surface area is 122 Å². The summed E-state index contributed by atoms with van der Waals surface area (Å²) >= 11 is 0. The third-order valence-corrected chi connectivity index (χ3v) is 3.11. The van der Waals surface area contributed by atoms with E-state index in [1.165, 1.54) is 6.07 Å². The van der Waals surface area contributed by atoms with Crippen LogP contribution in [0, 0.1) is 0 Å². The second kappa shape index (κ2) is 6.43. The molecule has 0 N–H and O–H groups in total. The molecule has 0 radical (unpaired) electrons. The highest BCUT2D eigenvalue weighted by Gasteiger charge is 2.16. The minimum absolute atomic E-state index is 0.305. The van der Waals surface area contributed by atoms with Gasteiger partial charge in [-0.1, -0.05) is 6.92 Å². The quantitative estimate of drug-likeness (QED) is 0.625. The van der Waals surface area contributed by atoms with Crippen LogP contribution in [0.15, 0.2) is 33.5 Å². The smallest absolute Gasteiger partial charge is 0.347 e. The van der Waals surface area contributed by atoms with Crippen molar-refractivity contribution < 1.29 is 18.7 Å². The Morgan fingerprint density at radius 3 is 2.71 bits per heavy atom. The minimum atomic E-state index is -0.719. The van der Waals surface area contributed by atoms with Gasteiger partial charge in [0.15, 0.2) is 6.10 Å². The molecule has 1 aromatic heterocycles. The number of hydrogen-bond donors (Lipinski definition) is 0. The molecule has 0 fully saturated rings. The van der Waals surface area contributed by atoms with Crippen molar-refractivity contribution in [1.82, 2.24) is 0 Å². The summed E-state index contributed by atoms with van der Waals surface area (Å²) in [7, 11) is 0. The third kappa shape index (κ3) is 3.42. The van der Waals surface area contributed by atoms with Crippen molar-refractivity contribution in [3.63, 3.8) is 0 Å². The van der Waals surface area contributed by atoms with E-state index in [0.29, 0.717) is 17.9 Å². The molecule has 1 atom stereocenters. The van der Waals surface area contributed by atoms with Crippen LogP contribution in [0.1, 0.15) is 26.3 Å². The lowest BCUT2D eigenvalue weighted by Crippen LogP contribution is -2.26. The van der Waals surface area contributed by atoms with Crippen LogP contribution >= 0.6 is 0 Å². The highest BCUT2D eigenvalue weighted by atomic mass is 16.6. The number of carbonyl (C=O) groups is 1. The number of rotatable bonds is 5. The van der Waals surface area contributed by atoms with Crippen molar-refractivity contribution in [2.75, 3.05) is 6.61 Å². The Kier molecular flexibility index (Phi) is 4.62. The van der Waals surface area contributed by atoms with Gasteiger partial charge in [0, 0.05) is 17.5 Å². The van der Waals surface area contributed by atoms with Crippen molar-refractivity contribution in [2.24, 2.45) is 0 Å². The van der Waals surface area contributed by atoms with Crippen LogP contribution in [-0.2, 0) is 16.0 Å². The summed E-state index contributed by atoms with van der Waals surface area (Å²) in [6.45, 7) is 5.63. The fourth-order valence-electron chi connectivity index (χ4n) is 2.09. The van der Waals surface area contributed by atoms with Crippen LogP contribution < -0.4 is 10.4 Å². The second-order valence-corrected chi connectivity index (χ2v) is 4.61. The van der Waals surface area contributed by atoms with E-state index in [1.54, 1.807) is 26.0 Å². The molecule has 2 aromatic rings. The van der Waals surface area contributed by atoms with Gasteiger partial charge >= 0.3 is 11.6 Å². The minimum Gasteiger partial charge on any atom is -0.479 e. The van der Waals surface area contributed by atoms with E-state index in [0.717, 1.165) is 17.4 Å². The monoisotopic (exact) mass is 290 g/mol. The lowest BCUT2D eigenvalue weighted by Gasteiger charge is -2.13.